The third-order valence-corrected chi connectivity index (χ3v) is 6.77. The Bertz CT molecular complexity index is 1040. The van der Waals surface area contributed by atoms with Crippen molar-refractivity contribution in [3.8, 4) is 11.5 Å². The normalized spacial score (nSPS) is 20.2. The number of hydrogen-bond acceptors (Lipinski definition) is 5. The smallest absolute Gasteiger partial charge is 0.219 e. The van der Waals surface area contributed by atoms with Crippen LogP contribution in [0.25, 0.3) is 0 Å². The van der Waals surface area contributed by atoms with Crippen LogP contribution in [0.4, 0.5) is 0 Å². The van der Waals surface area contributed by atoms with Crippen molar-refractivity contribution in [1.82, 2.24) is 10.2 Å². The van der Waals surface area contributed by atoms with E-state index in [-0.39, 0.29) is 17.7 Å². The summed E-state index contributed by atoms with van der Waals surface area (Å²) < 4.78 is 5.63. The molecule has 2 aromatic carbocycles. The molecule has 2 aliphatic rings. The first-order chi connectivity index (χ1) is 15.3. The Morgan fingerprint density at radius 3 is 2.62 bits per heavy atom. The molecule has 2 aromatic rings. The number of ether oxygens (including phenoxy) is 1. The number of aromatic hydroxyl groups is 1. The molecule has 1 saturated heterocycles. The highest BCUT2D eigenvalue weighted by molar-refractivity contribution is 6.02. The lowest BCUT2D eigenvalue weighted by Crippen LogP contribution is -2.56. The number of phenolic OH excluding ortho intramolecular Hbond substituents is 1. The SMILES string of the molecule is CCOc1cccc([C@@H]2CC(c3ccc(C)c(C)c3)=NC3(CCN(C(C)=O)CC3)N2)c1O. The Labute approximate surface area is 190 Å². The fourth-order valence-electron chi connectivity index (χ4n) is 4.74. The van der Waals surface area contributed by atoms with Gasteiger partial charge in [0.05, 0.1) is 6.61 Å². The van der Waals surface area contributed by atoms with Crippen molar-refractivity contribution in [1.29, 1.82) is 0 Å². The van der Waals surface area contributed by atoms with E-state index in [2.05, 4.69) is 37.4 Å². The van der Waals surface area contributed by atoms with Gasteiger partial charge >= 0.3 is 0 Å². The lowest BCUT2D eigenvalue weighted by atomic mass is 9.87. The molecular formula is C26H33N3O3. The predicted octanol–water partition coefficient (Wildman–Crippen LogP) is 4.27. The summed E-state index contributed by atoms with van der Waals surface area (Å²) in [4.78, 5) is 19.0. The number of piperidine rings is 1. The summed E-state index contributed by atoms with van der Waals surface area (Å²) in [7, 11) is 0. The lowest BCUT2D eigenvalue weighted by Gasteiger charge is -2.45. The number of rotatable bonds is 4. The average molecular weight is 436 g/mol. The Morgan fingerprint density at radius 1 is 1.22 bits per heavy atom. The zero-order valence-corrected chi connectivity index (χ0v) is 19.4. The van der Waals surface area contributed by atoms with E-state index in [1.807, 2.05) is 24.0 Å². The summed E-state index contributed by atoms with van der Waals surface area (Å²) in [6, 6.07) is 12.1. The average Bonchev–Trinajstić information content (AvgIpc) is 2.77. The second-order valence-corrected chi connectivity index (χ2v) is 8.92. The molecule has 6 nitrogen and oxygen atoms in total. The number of para-hydroxylation sites is 1. The van der Waals surface area contributed by atoms with Crippen LogP contribution in [0.1, 0.15) is 61.4 Å². The molecule has 2 heterocycles. The number of likely N-dealkylation sites (tertiary alicyclic amines) is 1. The zero-order chi connectivity index (χ0) is 22.9. The second kappa shape index (κ2) is 8.94. The standard InChI is InChI=1S/C26H33N3O3/c1-5-32-24-8-6-7-21(25(24)31)23-16-22(20-10-9-17(2)18(3)15-20)27-26(28-23)11-13-29(14-12-26)19(4)30/h6-10,15,23,28,31H,5,11-14,16H2,1-4H3/t23-/m0/s1. The van der Waals surface area contributed by atoms with Gasteiger partial charge in [-0.25, -0.2) is 0 Å². The first kappa shape index (κ1) is 22.3. The minimum absolute atomic E-state index is 0.103. The summed E-state index contributed by atoms with van der Waals surface area (Å²) in [6.07, 6.45) is 2.15. The van der Waals surface area contributed by atoms with E-state index in [4.69, 9.17) is 9.73 Å². The maximum atomic E-state index is 11.9. The van der Waals surface area contributed by atoms with Crippen molar-refractivity contribution in [3.63, 3.8) is 0 Å². The number of phenols is 1. The molecule has 0 aromatic heterocycles. The fourth-order valence-corrected chi connectivity index (χ4v) is 4.74. The molecule has 0 saturated carbocycles. The molecule has 1 fully saturated rings. The number of hydrogen-bond donors (Lipinski definition) is 2. The van der Waals surface area contributed by atoms with Crippen molar-refractivity contribution >= 4 is 11.6 Å². The number of carbonyl (C=O) groups excluding carboxylic acids is 1. The van der Waals surface area contributed by atoms with Crippen LogP contribution in [0.2, 0.25) is 0 Å². The topological polar surface area (TPSA) is 74.2 Å². The minimum Gasteiger partial charge on any atom is -0.504 e. The highest BCUT2D eigenvalue weighted by Crippen LogP contribution is 2.40. The number of nitrogens with one attached hydrogen (secondary N) is 1. The largest absolute Gasteiger partial charge is 0.504 e. The molecule has 0 aliphatic carbocycles. The molecule has 0 unspecified atom stereocenters. The van der Waals surface area contributed by atoms with E-state index in [9.17, 15) is 9.90 Å². The zero-order valence-electron chi connectivity index (χ0n) is 19.4. The molecule has 1 atom stereocenters. The molecule has 1 spiro atoms. The molecule has 6 heteroatoms. The van der Waals surface area contributed by atoms with Gasteiger partial charge in [-0.3, -0.25) is 15.1 Å². The third kappa shape index (κ3) is 4.37. The van der Waals surface area contributed by atoms with Gasteiger partial charge in [-0.15, -0.1) is 0 Å². The maximum Gasteiger partial charge on any atom is 0.219 e. The van der Waals surface area contributed by atoms with Crippen LogP contribution in [0.3, 0.4) is 0 Å². The lowest BCUT2D eigenvalue weighted by molar-refractivity contribution is -0.130. The molecular weight excluding hydrogens is 402 g/mol. The van der Waals surface area contributed by atoms with Crippen molar-refractivity contribution in [2.45, 2.75) is 58.7 Å². The van der Waals surface area contributed by atoms with Gasteiger partial charge in [0.15, 0.2) is 11.5 Å². The van der Waals surface area contributed by atoms with E-state index in [1.165, 1.54) is 11.1 Å². The highest BCUT2D eigenvalue weighted by Gasteiger charge is 2.41. The monoisotopic (exact) mass is 435 g/mol. The number of nitrogens with zero attached hydrogens (tertiary/aromatic N) is 2. The van der Waals surface area contributed by atoms with Gasteiger partial charge in [0.1, 0.15) is 5.66 Å². The van der Waals surface area contributed by atoms with Gasteiger partial charge < -0.3 is 14.7 Å². The summed E-state index contributed by atoms with van der Waals surface area (Å²) in [5.41, 5.74) is 5.01. The van der Waals surface area contributed by atoms with E-state index < -0.39 is 5.66 Å². The first-order valence-electron chi connectivity index (χ1n) is 11.5. The van der Waals surface area contributed by atoms with Gasteiger partial charge in [-0.05, 0) is 49.6 Å². The quantitative estimate of drug-likeness (QED) is 0.752. The van der Waals surface area contributed by atoms with Crippen molar-refractivity contribution in [2.75, 3.05) is 19.7 Å². The van der Waals surface area contributed by atoms with Crippen LogP contribution >= 0.6 is 0 Å². The Balaban J connectivity index is 1.73. The molecule has 4 rings (SSSR count). The van der Waals surface area contributed by atoms with Crippen molar-refractivity contribution in [2.24, 2.45) is 4.99 Å². The molecule has 0 bridgehead atoms. The summed E-state index contributed by atoms with van der Waals surface area (Å²) >= 11 is 0. The fraction of sp³-hybridized carbons (Fsp3) is 0.462. The van der Waals surface area contributed by atoms with Gasteiger partial charge in [0, 0.05) is 56.6 Å². The van der Waals surface area contributed by atoms with Gasteiger partial charge in [0.25, 0.3) is 0 Å². The van der Waals surface area contributed by atoms with Crippen LogP contribution in [-0.2, 0) is 4.79 Å². The number of aryl methyl sites for hydroxylation is 2. The van der Waals surface area contributed by atoms with Gasteiger partial charge in [-0.2, -0.15) is 0 Å². The summed E-state index contributed by atoms with van der Waals surface area (Å²) in [5.74, 6) is 0.791. The molecule has 2 N–H and O–H groups in total. The number of aliphatic imine (C=N–C) groups is 1. The van der Waals surface area contributed by atoms with Crippen molar-refractivity contribution < 1.29 is 14.6 Å². The van der Waals surface area contributed by atoms with Crippen LogP contribution in [0.5, 0.6) is 11.5 Å². The van der Waals surface area contributed by atoms with Crippen molar-refractivity contribution in [3.05, 3.63) is 58.7 Å². The van der Waals surface area contributed by atoms with Gasteiger partial charge in [-0.1, -0.05) is 24.3 Å². The van der Waals surface area contributed by atoms with Crippen LogP contribution < -0.4 is 10.1 Å². The van der Waals surface area contributed by atoms with E-state index in [1.54, 1.807) is 13.0 Å². The highest BCUT2D eigenvalue weighted by atomic mass is 16.5. The Kier molecular flexibility index (Phi) is 6.24. The molecule has 32 heavy (non-hydrogen) atoms. The molecule has 170 valence electrons. The van der Waals surface area contributed by atoms with E-state index in [0.717, 1.165) is 29.7 Å². The van der Waals surface area contributed by atoms with Gasteiger partial charge in [0.2, 0.25) is 5.91 Å². The third-order valence-electron chi connectivity index (χ3n) is 6.77. The minimum atomic E-state index is -0.461. The number of carbonyl (C=O) groups is 1. The first-order valence-corrected chi connectivity index (χ1v) is 11.5. The summed E-state index contributed by atoms with van der Waals surface area (Å²) in [5, 5.41) is 14.7. The number of benzene rings is 2. The molecule has 2 aliphatic heterocycles. The summed E-state index contributed by atoms with van der Waals surface area (Å²) in [6.45, 7) is 9.60. The molecule has 1 amide bonds. The second-order valence-electron chi connectivity index (χ2n) is 8.92. The van der Waals surface area contributed by atoms with Crippen LogP contribution in [0, 0.1) is 13.8 Å². The van der Waals surface area contributed by atoms with Crippen LogP contribution in [-0.4, -0.2) is 47.0 Å². The Morgan fingerprint density at radius 2 is 1.97 bits per heavy atom. The maximum absolute atomic E-state index is 11.9. The predicted molar refractivity (Wildman–Crippen MR) is 126 cm³/mol. The number of amides is 1. The Hall–Kier alpha value is -2.86. The van der Waals surface area contributed by atoms with E-state index in [0.29, 0.717) is 31.9 Å². The molecule has 0 radical (unpaired) electrons. The van der Waals surface area contributed by atoms with E-state index >= 15 is 0 Å². The van der Waals surface area contributed by atoms with Crippen LogP contribution in [0.15, 0.2) is 41.4 Å².